The second-order valence-electron chi connectivity index (χ2n) is 8.34. The van der Waals surface area contributed by atoms with Gasteiger partial charge in [-0.05, 0) is 43.7 Å². The summed E-state index contributed by atoms with van der Waals surface area (Å²) in [6.45, 7) is 2.86. The Morgan fingerprint density at radius 3 is 2.40 bits per heavy atom. The Labute approximate surface area is 199 Å². The quantitative estimate of drug-likeness (QED) is 0.516. The normalized spacial score (nSPS) is 15.3. The molecule has 2 heterocycles. The number of carbonyl (C=O) groups is 2. The van der Waals surface area contributed by atoms with Gasteiger partial charge in [-0.2, -0.15) is 0 Å². The Hall–Kier alpha value is -3.95. The molecule has 1 N–H and O–H groups in total. The van der Waals surface area contributed by atoms with E-state index in [0.717, 1.165) is 5.56 Å². The molecule has 10 heteroatoms. The maximum Gasteiger partial charge on any atom is 0.325 e. The van der Waals surface area contributed by atoms with Crippen LogP contribution in [0.4, 0.5) is 28.0 Å². The molecule has 1 atom stereocenters. The van der Waals surface area contributed by atoms with Gasteiger partial charge in [0.2, 0.25) is 0 Å². The number of aromatic nitrogens is 1. The van der Waals surface area contributed by atoms with Crippen LogP contribution in [-0.2, 0) is 13.1 Å². The van der Waals surface area contributed by atoms with E-state index < -0.39 is 47.3 Å². The molecule has 0 fully saturated rings. The Bertz CT molecular complexity index is 1310. The molecule has 2 aromatic carbocycles. The van der Waals surface area contributed by atoms with E-state index in [-0.39, 0.29) is 23.8 Å². The molecule has 0 bridgehead atoms. The van der Waals surface area contributed by atoms with Crippen molar-refractivity contribution in [2.24, 2.45) is 0 Å². The van der Waals surface area contributed by atoms with Gasteiger partial charge < -0.3 is 10.2 Å². The number of fused-ring (bicyclic) bond motifs is 1. The molecule has 1 aliphatic rings. The smallest absolute Gasteiger partial charge is 0.325 e. The predicted molar refractivity (Wildman–Crippen MR) is 121 cm³/mol. The van der Waals surface area contributed by atoms with Gasteiger partial charge in [0, 0.05) is 42.5 Å². The number of hydrogen-bond donors (Lipinski definition) is 1. The van der Waals surface area contributed by atoms with Gasteiger partial charge >= 0.3 is 6.03 Å². The summed E-state index contributed by atoms with van der Waals surface area (Å²) < 4.78 is 55.4. The number of benzene rings is 2. The summed E-state index contributed by atoms with van der Waals surface area (Å²) in [4.78, 5) is 32.9. The van der Waals surface area contributed by atoms with Crippen molar-refractivity contribution in [2.75, 3.05) is 11.9 Å². The number of aryl methyl sites for hydroxylation is 1. The number of rotatable bonds is 5. The Morgan fingerprint density at radius 2 is 1.71 bits per heavy atom. The first-order chi connectivity index (χ1) is 16.6. The van der Waals surface area contributed by atoms with E-state index in [1.165, 1.54) is 34.1 Å². The van der Waals surface area contributed by atoms with E-state index in [2.05, 4.69) is 10.3 Å². The van der Waals surface area contributed by atoms with Crippen molar-refractivity contribution in [2.45, 2.75) is 33.0 Å². The van der Waals surface area contributed by atoms with Crippen LogP contribution in [0, 0.1) is 30.2 Å². The maximum absolute atomic E-state index is 14.4. The first-order valence-corrected chi connectivity index (χ1v) is 10.8. The van der Waals surface area contributed by atoms with E-state index in [4.69, 9.17) is 0 Å². The Balaban J connectivity index is 1.64. The average molecular weight is 486 g/mol. The lowest BCUT2D eigenvalue weighted by Gasteiger charge is -2.39. The van der Waals surface area contributed by atoms with Crippen LogP contribution in [0.1, 0.15) is 45.8 Å². The number of halogens is 4. The zero-order valence-electron chi connectivity index (χ0n) is 19.2. The summed E-state index contributed by atoms with van der Waals surface area (Å²) in [6, 6.07) is 7.80. The molecule has 1 unspecified atom stereocenters. The van der Waals surface area contributed by atoms with Crippen molar-refractivity contribution in [3.05, 3.63) is 93.8 Å². The molecule has 3 aromatic rings. The van der Waals surface area contributed by atoms with Gasteiger partial charge in [0.1, 0.15) is 23.3 Å². The van der Waals surface area contributed by atoms with Crippen LogP contribution >= 0.6 is 0 Å². The largest absolute Gasteiger partial charge is 0.348 e. The fourth-order valence-corrected chi connectivity index (χ4v) is 3.96. The number of nitrogens with one attached hydrogen (secondary N) is 1. The third kappa shape index (κ3) is 4.68. The Morgan fingerprint density at radius 1 is 1.03 bits per heavy atom. The van der Waals surface area contributed by atoms with E-state index in [0.29, 0.717) is 23.5 Å². The van der Waals surface area contributed by atoms with Crippen LogP contribution in [0.5, 0.6) is 0 Å². The highest BCUT2D eigenvalue weighted by atomic mass is 19.1. The molecule has 0 saturated carbocycles. The average Bonchev–Trinajstić information content (AvgIpc) is 2.81. The SMILES string of the molecule is Cc1ccc(F)c(CN2C(=O)N(C)C(C)c3ccc(C(=O)NCc4c(F)cc(F)cc4F)cc32)n1. The predicted octanol–water partition coefficient (Wildman–Crippen LogP) is 5.01. The van der Waals surface area contributed by atoms with Gasteiger partial charge in [0.15, 0.2) is 0 Å². The number of carbonyl (C=O) groups excluding carboxylic acids is 2. The fourth-order valence-electron chi connectivity index (χ4n) is 3.96. The van der Waals surface area contributed by atoms with Gasteiger partial charge in [0.05, 0.1) is 24.0 Å². The molecule has 0 radical (unpaired) electrons. The molecule has 1 aromatic heterocycles. The summed E-state index contributed by atoms with van der Waals surface area (Å²) in [5.41, 5.74) is 1.43. The van der Waals surface area contributed by atoms with E-state index in [1.807, 2.05) is 6.92 Å². The topological polar surface area (TPSA) is 65.5 Å². The zero-order chi connectivity index (χ0) is 25.4. The second-order valence-corrected chi connectivity index (χ2v) is 8.34. The van der Waals surface area contributed by atoms with Gasteiger partial charge in [-0.15, -0.1) is 0 Å². The highest BCUT2D eigenvalue weighted by molar-refractivity contribution is 5.99. The molecule has 0 spiro atoms. The molecular weight excluding hydrogens is 464 g/mol. The van der Waals surface area contributed by atoms with Crippen LogP contribution in [0.2, 0.25) is 0 Å². The van der Waals surface area contributed by atoms with Crippen LogP contribution in [0.25, 0.3) is 0 Å². The number of amides is 3. The number of nitrogens with zero attached hydrogens (tertiary/aromatic N) is 3. The van der Waals surface area contributed by atoms with Gasteiger partial charge in [-0.3, -0.25) is 14.7 Å². The van der Waals surface area contributed by atoms with E-state index in [1.54, 1.807) is 20.0 Å². The summed E-state index contributed by atoms with van der Waals surface area (Å²) in [7, 11) is 1.62. The molecule has 182 valence electrons. The maximum atomic E-state index is 14.4. The molecule has 0 saturated heterocycles. The standard InChI is InChI=1S/C25H22F4N4O2/c1-13-4-7-19(27)22(31-13)12-33-23-8-15(5-6-17(23)14(2)32(3)25(33)35)24(34)30-11-18-20(28)9-16(26)10-21(18)29/h4-10,14H,11-12H2,1-3H3,(H,30,34). The number of anilines is 1. The van der Waals surface area contributed by atoms with Crippen molar-refractivity contribution >= 4 is 17.6 Å². The lowest BCUT2D eigenvalue weighted by molar-refractivity contribution is 0.0950. The van der Waals surface area contributed by atoms with Crippen molar-refractivity contribution in [1.82, 2.24) is 15.2 Å². The summed E-state index contributed by atoms with van der Waals surface area (Å²) >= 11 is 0. The lowest BCUT2D eigenvalue weighted by atomic mass is 9.98. The van der Waals surface area contributed by atoms with Crippen LogP contribution in [0.3, 0.4) is 0 Å². The van der Waals surface area contributed by atoms with Gasteiger partial charge in [-0.1, -0.05) is 6.07 Å². The molecular formula is C25H22F4N4O2. The summed E-state index contributed by atoms with van der Waals surface area (Å²) in [6.07, 6.45) is 0. The molecule has 1 aliphatic heterocycles. The third-order valence-corrected chi connectivity index (χ3v) is 6.04. The van der Waals surface area contributed by atoms with Crippen molar-refractivity contribution in [3.63, 3.8) is 0 Å². The molecule has 3 amide bonds. The molecule has 4 rings (SSSR count). The number of pyridine rings is 1. The zero-order valence-corrected chi connectivity index (χ0v) is 19.2. The highest BCUT2D eigenvalue weighted by Gasteiger charge is 2.34. The first kappa shape index (κ1) is 24.2. The van der Waals surface area contributed by atoms with Crippen LogP contribution in [-0.4, -0.2) is 28.9 Å². The second kappa shape index (κ2) is 9.36. The first-order valence-electron chi connectivity index (χ1n) is 10.8. The van der Waals surface area contributed by atoms with Crippen LogP contribution in [0.15, 0.2) is 42.5 Å². The third-order valence-electron chi connectivity index (χ3n) is 6.04. The highest BCUT2D eigenvalue weighted by Crippen LogP contribution is 2.37. The van der Waals surface area contributed by atoms with E-state index >= 15 is 0 Å². The summed E-state index contributed by atoms with van der Waals surface area (Å²) in [5, 5.41) is 2.41. The Kier molecular flexibility index (Phi) is 6.47. The lowest BCUT2D eigenvalue weighted by Crippen LogP contribution is -2.47. The minimum atomic E-state index is -1.12. The number of hydrogen-bond acceptors (Lipinski definition) is 3. The molecule has 6 nitrogen and oxygen atoms in total. The minimum Gasteiger partial charge on any atom is -0.348 e. The number of urea groups is 1. The molecule has 0 aliphatic carbocycles. The van der Waals surface area contributed by atoms with Gasteiger partial charge in [0.25, 0.3) is 5.91 Å². The van der Waals surface area contributed by atoms with Crippen molar-refractivity contribution in [1.29, 1.82) is 0 Å². The monoisotopic (exact) mass is 486 g/mol. The van der Waals surface area contributed by atoms with Crippen LogP contribution < -0.4 is 10.2 Å². The van der Waals surface area contributed by atoms with E-state index in [9.17, 15) is 27.2 Å². The van der Waals surface area contributed by atoms with Gasteiger partial charge in [-0.25, -0.2) is 22.4 Å². The summed E-state index contributed by atoms with van der Waals surface area (Å²) in [5.74, 6) is -4.52. The van der Waals surface area contributed by atoms with Crippen molar-refractivity contribution < 1.29 is 27.2 Å². The minimum absolute atomic E-state index is 0.0735. The fraction of sp³-hybridized carbons (Fsp3) is 0.240. The molecule has 35 heavy (non-hydrogen) atoms. The van der Waals surface area contributed by atoms with Crippen molar-refractivity contribution in [3.8, 4) is 0 Å².